The van der Waals surface area contributed by atoms with Crippen LogP contribution in [-0.2, 0) is 0 Å². The van der Waals surface area contributed by atoms with Gasteiger partial charge in [0.05, 0.1) is 5.84 Å². The van der Waals surface area contributed by atoms with E-state index in [-0.39, 0.29) is 0 Å². The Labute approximate surface area is 62.5 Å². The van der Waals surface area contributed by atoms with Crippen molar-refractivity contribution in [2.45, 2.75) is 27.2 Å². The van der Waals surface area contributed by atoms with Crippen LogP contribution in [0.1, 0.15) is 27.2 Å². The molecule has 1 unspecified atom stereocenters. The summed E-state index contributed by atoms with van der Waals surface area (Å²) in [4.78, 5) is 4.18. The predicted molar refractivity (Wildman–Crippen MR) is 44.1 cm³/mol. The van der Waals surface area contributed by atoms with E-state index < -0.39 is 0 Å². The molecule has 0 aromatic rings. The van der Waals surface area contributed by atoms with Crippen LogP contribution in [0.25, 0.3) is 0 Å². The third-order valence-corrected chi connectivity index (χ3v) is 2.21. The fourth-order valence-electron chi connectivity index (χ4n) is 1.26. The lowest BCUT2D eigenvalue weighted by Gasteiger charge is -2.00. The van der Waals surface area contributed by atoms with Gasteiger partial charge in [0.1, 0.15) is 0 Å². The van der Waals surface area contributed by atoms with Gasteiger partial charge in [-0.2, -0.15) is 0 Å². The maximum atomic E-state index is 5.72. The minimum absolute atomic E-state index is 0.433. The molecule has 2 heteroatoms. The van der Waals surface area contributed by atoms with E-state index in [0.717, 1.165) is 12.4 Å². The van der Waals surface area contributed by atoms with Crippen molar-refractivity contribution in [3.8, 4) is 0 Å². The molecule has 0 aromatic carbocycles. The van der Waals surface area contributed by atoms with E-state index in [1.165, 1.54) is 6.42 Å². The Bertz CT molecular complexity index is 159. The molecule has 58 valence electrons. The van der Waals surface area contributed by atoms with Gasteiger partial charge in [-0.05, 0) is 18.8 Å². The molecule has 0 aliphatic heterocycles. The molecule has 1 aliphatic carbocycles. The molecule has 1 fully saturated rings. The zero-order chi connectivity index (χ0) is 7.78. The second-order valence-electron chi connectivity index (χ2n) is 3.64. The van der Waals surface area contributed by atoms with Crippen LogP contribution in [-0.4, -0.2) is 12.4 Å². The molecule has 1 saturated carbocycles. The first-order chi connectivity index (χ1) is 4.58. The molecule has 0 saturated heterocycles. The van der Waals surface area contributed by atoms with Crippen molar-refractivity contribution in [3.05, 3.63) is 0 Å². The first-order valence-corrected chi connectivity index (χ1v) is 3.87. The lowest BCUT2D eigenvalue weighted by molar-refractivity contribution is 0.619. The quantitative estimate of drug-likeness (QED) is 0.457. The number of amidine groups is 1. The molecule has 0 bridgehead atoms. The van der Waals surface area contributed by atoms with E-state index in [9.17, 15) is 0 Å². The third kappa shape index (κ3) is 1.31. The van der Waals surface area contributed by atoms with Gasteiger partial charge in [-0.25, -0.2) is 0 Å². The topological polar surface area (TPSA) is 38.4 Å². The summed E-state index contributed by atoms with van der Waals surface area (Å²) in [5.41, 5.74) is 6.15. The van der Waals surface area contributed by atoms with Gasteiger partial charge < -0.3 is 5.73 Å². The molecule has 2 nitrogen and oxygen atoms in total. The lowest BCUT2D eigenvalue weighted by Crippen LogP contribution is -2.17. The minimum atomic E-state index is 0.433. The van der Waals surface area contributed by atoms with Crippen LogP contribution in [0.15, 0.2) is 4.99 Å². The standard InChI is InChI=1S/C8H16N2/c1-4-10-7(9)6-5-8(6,2)3/h6H,4-5H2,1-3H3,(H2,9,10). The summed E-state index contributed by atoms with van der Waals surface area (Å²) in [5.74, 6) is 1.42. The number of aliphatic imine (C=N–C) groups is 1. The summed E-state index contributed by atoms with van der Waals surface area (Å²) < 4.78 is 0. The van der Waals surface area contributed by atoms with Gasteiger partial charge in [-0.1, -0.05) is 13.8 Å². The molecule has 10 heavy (non-hydrogen) atoms. The lowest BCUT2D eigenvalue weighted by atomic mass is 10.1. The van der Waals surface area contributed by atoms with Crippen molar-refractivity contribution in [3.63, 3.8) is 0 Å². The number of nitrogens with zero attached hydrogens (tertiary/aromatic N) is 1. The van der Waals surface area contributed by atoms with Crippen LogP contribution >= 0.6 is 0 Å². The Kier molecular flexibility index (Phi) is 1.71. The summed E-state index contributed by atoms with van der Waals surface area (Å²) in [6.07, 6.45) is 1.21. The second-order valence-corrected chi connectivity index (χ2v) is 3.64. The van der Waals surface area contributed by atoms with Gasteiger partial charge >= 0.3 is 0 Å². The zero-order valence-electron chi connectivity index (χ0n) is 7.02. The van der Waals surface area contributed by atoms with Crippen LogP contribution in [0.3, 0.4) is 0 Å². The van der Waals surface area contributed by atoms with Gasteiger partial charge in [0.15, 0.2) is 0 Å². The largest absolute Gasteiger partial charge is 0.387 e. The number of rotatable bonds is 2. The van der Waals surface area contributed by atoms with Gasteiger partial charge in [0.25, 0.3) is 0 Å². The monoisotopic (exact) mass is 140 g/mol. The summed E-state index contributed by atoms with van der Waals surface area (Å²) in [5, 5.41) is 0. The van der Waals surface area contributed by atoms with Crippen molar-refractivity contribution >= 4 is 5.84 Å². The molecule has 0 radical (unpaired) electrons. The molecule has 2 N–H and O–H groups in total. The summed E-state index contributed by atoms with van der Waals surface area (Å²) in [7, 11) is 0. The Morgan fingerprint density at radius 3 is 2.50 bits per heavy atom. The van der Waals surface area contributed by atoms with Gasteiger partial charge in [-0.3, -0.25) is 4.99 Å². The number of hydrogen-bond acceptors (Lipinski definition) is 1. The summed E-state index contributed by atoms with van der Waals surface area (Å²) >= 11 is 0. The predicted octanol–water partition coefficient (Wildman–Crippen LogP) is 1.41. The normalized spacial score (nSPS) is 30.3. The van der Waals surface area contributed by atoms with E-state index >= 15 is 0 Å². The molecule has 1 rings (SSSR count). The maximum Gasteiger partial charge on any atom is 0.0973 e. The maximum absolute atomic E-state index is 5.72. The average molecular weight is 140 g/mol. The highest BCUT2D eigenvalue weighted by Crippen LogP contribution is 2.51. The van der Waals surface area contributed by atoms with Crippen LogP contribution in [0.5, 0.6) is 0 Å². The van der Waals surface area contributed by atoms with Crippen molar-refractivity contribution in [1.29, 1.82) is 0 Å². The van der Waals surface area contributed by atoms with Crippen molar-refractivity contribution in [2.75, 3.05) is 6.54 Å². The Morgan fingerprint density at radius 2 is 2.20 bits per heavy atom. The Hall–Kier alpha value is -0.530. The van der Waals surface area contributed by atoms with Crippen molar-refractivity contribution in [1.82, 2.24) is 0 Å². The van der Waals surface area contributed by atoms with E-state index in [4.69, 9.17) is 5.73 Å². The highest BCUT2D eigenvalue weighted by Gasteiger charge is 2.47. The molecule has 1 aliphatic rings. The van der Waals surface area contributed by atoms with Crippen molar-refractivity contribution in [2.24, 2.45) is 22.1 Å². The van der Waals surface area contributed by atoms with Crippen LogP contribution in [0.2, 0.25) is 0 Å². The van der Waals surface area contributed by atoms with E-state index in [2.05, 4.69) is 18.8 Å². The fourth-order valence-corrected chi connectivity index (χ4v) is 1.26. The highest BCUT2D eigenvalue weighted by atomic mass is 14.9. The third-order valence-electron chi connectivity index (χ3n) is 2.21. The number of hydrogen-bond donors (Lipinski definition) is 1. The molecule has 0 aromatic heterocycles. The molecular weight excluding hydrogens is 124 g/mol. The van der Waals surface area contributed by atoms with Crippen molar-refractivity contribution < 1.29 is 0 Å². The average Bonchev–Trinajstić information content (AvgIpc) is 2.41. The summed E-state index contributed by atoms with van der Waals surface area (Å²) in [6.45, 7) is 7.30. The fraction of sp³-hybridized carbons (Fsp3) is 0.875. The molecule has 0 heterocycles. The van der Waals surface area contributed by atoms with Crippen LogP contribution in [0, 0.1) is 11.3 Å². The smallest absolute Gasteiger partial charge is 0.0973 e. The Morgan fingerprint density at radius 1 is 1.70 bits per heavy atom. The Balaban J connectivity index is 2.47. The molecule has 0 spiro atoms. The first-order valence-electron chi connectivity index (χ1n) is 3.87. The zero-order valence-corrected chi connectivity index (χ0v) is 7.02. The number of nitrogens with two attached hydrogens (primary N) is 1. The molecule has 0 amide bonds. The van der Waals surface area contributed by atoms with E-state index in [0.29, 0.717) is 11.3 Å². The highest BCUT2D eigenvalue weighted by molar-refractivity contribution is 5.86. The SMILES string of the molecule is CCN=C(N)C1CC1(C)C. The van der Waals surface area contributed by atoms with Crippen LogP contribution in [0.4, 0.5) is 0 Å². The van der Waals surface area contributed by atoms with Crippen LogP contribution < -0.4 is 5.73 Å². The minimum Gasteiger partial charge on any atom is -0.387 e. The van der Waals surface area contributed by atoms with E-state index in [1.54, 1.807) is 0 Å². The first kappa shape index (κ1) is 7.58. The molecule has 1 atom stereocenters. The van der Waals surface area contributed by atoms with Gasteiger partial charge in [0.2, 0.25) is 0 Å². The summed E-state index contributed by atoms with van der Waals surface area (Å²) in [6, 6.07) is 0. The van der Waals surface area contributed by atoms with Gasteiger partial charge in [0, 0.05) is 12.5 Å². The van der Waals surface area contributed by atoms with E-state index in [1.807, 2.05) is 6.92 Å². The van der Waals surface area contributed by atoms with Gasteiger partial charge in [-0.15, -0.1) is 0 Å². The molecular formula is C8H16N2. The second kappa shape index (κ2) is 2.26.